The van der Waals surface area contributed by atoms with Crippen LogP contribution in [-0.4, -0.2) is 50.3 Å². The van der Waals surface area contributed by atoms with Gasteiger partial charge in [0.2, 0.25) is 15.9 Å². The summed E-state index contributed by atoms with van der Waals surface area (Å²) in [5, 5.41) is 0. The molecular formula is C13H23F3N2O3S. The minimum Gasteiger partial charge on any atom is -0.292 e. The molecule has 0 spiro atoms. The summed E-state index contributed by atoms with van der Waals surface area (Å²) in [5.41, 5.74) is 0. The second-order valence-corrected chi connectivity index (χ2v) is 7.47. The quantitative estimate of drug-likeness (QED) is 0.801. The highest BCUT2D eigenvalue weighted by Crippen LogP contribution is 2.21. The lowest BCUT2D eigenvalue weighted by molar-refractivity contribution is -0.134. The van der Waals surface area contributed by atoms with Crippen LogP contribution in [0.25, 0.3) is 0 Å². The zero-order chi connectivity index (χ0) is 16.8. The van der Waals surface area contributed by atoms with Gasteiger partial charge in [0.1, 0.15) is 0 Å². The maximum Gasteiger partial charge on any atom is 0.389 e. The fraction of sp³-hybridized carbons (Fsp3) is 0.923. The fourth-order valence-corrected chi connectivity index (χ4v) is 3.50. The predicted octanol–water partition coefficient (Wildman–Crippen LogP) is 2.04. The summed E-state index contributed by atoms with van der Waals surface area (Å²) in [7, 11) is -4.02. The Morgan fingerprint density at radius 3 is 2.23 bits per heavy atom. The van der Waals surface area contributed by atoms with Crippen LogP contribution in [0.15, 0.2) is 0 Å². The molecule has 1 fully saturated rings. The van der Waals surface area contributed by atoms with E-state index in [0.29, 0.717) is 0 Å². The Labute approximate surface area is 129 Å². The zero-order valence-corrected chi connectivity index (χ0v) is 13.5. The molecule has 0 aromatic heterocycles. The molecule has 0 unspecified atom stereocenters. The monoisotopic (exact) mass is 344 g/mol. The summed E-state index contributed by atoms with van der Waals surface area (Å²) >= 11 is 0. The number of rotatable bonds is 6. The van der Waals surface area contributed by atoms with E-state index in [4.69, 9.17) is 0 Å². The van der Waals surface area contributed by atoms with Crippen LogP contribution in [0.3, 0.4) is 0 Å². The summed E-state index contributed by atoms with van der Waals surface area (Å²) in [4.78, 5) is 13.9. The first kappa shape index (κ1) is 19.2. The topological polar surface area (TPSA) is 66.5 Å². The molecule has 1 aliphatic rings. The smallest absolute Gasteiger partial charge is 0.292 e. The van der Waals surface area contributed by atoms with E-state index in [1.165, 1.54) is 0 Å². The van der Waals surface area contributed by atoms with Gasteiger partial charge in [0.15, 0.2) is 0 Å². The molecule has 22 heavy (non-hydrogen) atoms. The minimum atomic E-state index is -4.39. The van der Waals surface area contributed by atoms with Gasteiger partial charge in [-0.15, -0.1) is 0 Å². The summed E-state index contributed by atoms with van der Waals surface area (Å²) in [5.74, 6) is -1.38. The van der Waals surface area contributed by atoms with Gasteiger partial charge in [-0.3, -0.25) is 14.4 Å². The van der Waals surface area contributed by atoms with Crippen molar-refractivity contribution in [2.24, 2.45) is 0 Å². The summed E-state index contributed by atoms with van der Waals surface area (Å²) in [6.07, 6.45) is -2.04. The number of nitrogens with zero attached hydrogens (tertiary/aromatic N) is 1. The maximum absolute atomic E-state index is 12.0. The van der Waals surface area contributed by atoms with E-state index in [0.717, 1.165) is 38.8 Å². The Hall–Kier alpha value is -0.830. The Balaban J connectivity index is 2.47. The first-order chi connectivity index (χ1) is 10.1. The molecule has 0 saturated carbocycles. The standard InChI is InChI=1S/C13H23F3N2O3S/c1-11(18-8-4-2-3-5-9-18)12(19)17-22(20,21)10-6-7-13(14,15)16/h11H,2-10H2,1H3,(H,17,19)/t11-/m0/s1. The lowest BCUT2D eigenvalue weighted by Gasteiger charge is -2.26. The largest absolute Gasteiger partial charge is 0.389 e. The molecule has 0 aromatic carbocycles. The number of hydrogen-bond acceptors (Lipinski definition) is 4. The molecule has 5 nitrogen and oxygen atoms in total. The van der Waals surface area contributed by atoms with Crippen LogP contribution >= 0.6 is 0 Å². The lowest BCUT2D eigenvalue weighted by atomic mass is 10.2. The third-order valence-corrected chi connectivity index (χ3v) is 5.04. The second kappa shape index (κ2) is 8.14. The number of sulfonamides is 1. The van der Waals surface area contributed by atoms with Crippen LogP contribution in [0.2, 0.25) is 0 Å². The van der Waals surface area contributed by atoms with Crippen molar-refractivity contribution in [1.29, 1.82) is 0 Å². The van der Waals surface area contributed by atoms with Crippen molar-refractivity contribution < 1.29 is 26.4 Å². The molecule has 1 atom stereocenters. The molecule has 0 radical (unpaired) electrons. The van der Waals surface area contributed by atoms with E-state index in [2.05, 4.69) is 0 Å². The average Bonchev–Trinajstić information content (AvgIpc) is 2.63. The summed E-state index contributed by atoms with van der Waals surface area (Å²) < 4.78 is 61.3. The van der Waals surface area contributed by atoms with Crippen molar-refractivity contribution in [2.45, 2.75) is 57.7 Å². The van der Waals surface area contributed by atoms with Crippen LogP contribution < -0.4 is 4.72 Å². The van der Waals surface area contributed by atoms with Crippen molar-refractivity contribution in [2.75, 3.05) is 18.8 Å². The highest BCUT2D eigenvalue weighted by Gasteiger charge is 2.29. The predicted molar refractivity (Wildman–Crippen MR) is 76.7 cm³/mol. The van der Waals surface area contributed by atoms with Gasteiger partial charge in [-0.2, -0.15) is 13.2 Å². The maximum atomic E-state index is 12.0. The van der Waals surface area contributed by atoms with Crippen molar-refractivity contribution >= 4 is 15.9 Å². The van der Waals surface area contributed by atoms with Gasteiger partial charge in [0.25, 0.3) is 0 Å². The van der Waals surface area contributed by atoms with Crippen LogP contribution in [-0.2, 0) is 14.8 Å². The Morgan fingerprint density at radius 1 is 1.18 bits per heavy atom. The number of carbonyl (C=O) groups is 1. The number of alkyl halides is 3. The van der Waals surface area contributed by atoms with E-state index in [1.54, 1.807) is 6.92 Å². The molecule has 0 aromatic rings. The molecule has 1 rings (SSSR count). The molecule has 0 bridgehead atoms. The van der Waals surface area contributed by atoms with Crippen molar-refractivity contribution in [1.82, 2.24) is 9.62 Å². The van der Waals surface area contributed by atoms with Gasteiger partial charge >= 0.3 is 6.18 Å². The Bertz CT molecular complexity index is 458. The van der Waals surface area contributed by atoms with Gasteiger partial charge in [-0.1, -0.05) is 12.8 Å². The second-order valence-electron chi connectivity index (χ2n) is 5.63. The minimum absolute atomic E-state index is 0.551. The van der Waals surface area contributed by atoms with E-state index < -0.39 is 46.7 Å². The van der Waals surface area contributed by atoms with Crippen molar-refractivity contribution in [3.8, 4) is 0 Å². The molecular weight excluding hydrogens is 321 g/mol. The van der Waals surface area contributed by atoms with Crippen LogP contribution in [0.5, 0.6) is 0 Å². The number of amides is 1. The third-order valence-electron chi connectivity index (χ3n) is 3.70. The first-order valence-electron chi connectivity index (χ1n) is 7.46. The van der Waals surface area contributed by atoms with E-state index in [-0.39, 0.29) is 0 Å². The summed E-state index contributed by atoms with van der Waals surface area (Å²) in [6.45, 7) is 3.07. The molecule has 1 aliphatic heterocycles. The van der Waals surface area contributed by atoms with Gasteiger partial charge in [0, 0.05) is 6.42 Å². The normalized spacial score (nSPS) is 19.5. The highest BCUT2D eigenvalue weighted by atomic mass is 32.2. The number of likely N-dealkylation sites (tertiary alicyclic amines) is 1. The number of hydrogen-bond donors (Lipinski definition) is 1. The Morgan fingerprint density at radius 2 is 1.73 bits per heavy atom. The van der Waals surface area contributed by atoms with Crippen LogP contribution in [0.1, 0.15) is 45.4 Å². The van der Waals surface area contributed by atoms with Gasteiger partial charge in [-0.25, -0.2) is 8.42 Å². The fourth-order valence-electron chi connectivity index (χ4n) is 2.40. The third kappa shape index (κ3) is 7.44. The lowest BCUT2D eigenvalue weighted by Crippen LogP contribution is -2.47. The first-order valence-corrected chi connectivity index (χ1v) is 9.11. The highest BCUT2D eigenvalue weighted by molar-refractivity contribution is 7.90. The molecule has 9 heteroatoms. The number of halogens is 3. The molecule has 1 saturated heterocycles. The van der Waals surface area contributed by atoms with E-state index in [1.807, 2.05) is 9.62 Å². The average molecular weight is 344 g/mol. The van der Waals surface area contributed by atoms with Crippen molar-refractivity contribution in [3.63, 3.8) is 0 Å². The van der Waals surface area contributed by atoms with Crippen molar-refractivity contribution in [3.05, 3.63) is 0 Å². The zero-order valence-electron chi connectivity index (χ0n) is 12.7. The van der Waals surface area contributed by atoms with E-state index in [9.17, 15) is 26.4 Å². The van der Waals surface area contributed by atoms with Gasteiger partial charge in [-0.05, 0) is 39.3 Å². The molecule has 130 valence electrons. The van der Waals surface area contributed by atoms with Gasteiger partial charge in [0.05, 0.1) is 11.8 Å². The summed E-state index contributed by atoms with van der Waals surface area (Å²) in [6, 6.07) is -0.601. The molecule has 1 heterocycles. The molecule has 0 aliphatic carbocycles. The van der Waals surface area contributed by atoms with E-state index >= 15 is 0 Å². The SMILES string of the molecule is C[C@@H](C(=O)NS(=O)(=O)CCCC(F)(F)F)N1CCCCCC1. The number of nitrogens with one attached hydrogen (secondary N) is 1. The van der Waals surface area contributed by atoms with Gasteiger partial charge < -0.3 is 0 Å². The molecule has 1 N–H and O–H groups in total. The number of carbonyl (C=O) groups excluding carboxylic acids is 1. The molecule has 1 amide bonds. The Kier molecular flexibility index (Phi) is 7.11. The van der Waals surface area contributed by atoms with Crippen LogP contribution in [0, 0.1) is 0 Å². The van der Waals surface area contributed by atoms with Crippen LogP contribution in [0.4, 0.5) is 13.2 Å².